The molecule has 0 radical (unpaired) electrons. The van der Waals surface area contributed by atoms with Gasteiger partial charge in [0.25, 0.3) is 5.91 Å². The second-order valence-corrected chi connectivity index (χ2v) is 13.1. The Balaban J connectivity index is 1.83. The Morgan fingerprint density at radius 1 is 1.05 bits per heavy atom. The van der Waals surface area contributed by atoms with Gasteiger partial charge >= 0.3 is 5.97 Å². The van der Waals surface area contributed by atoms with E-state index in [0.29, 0.717) is 18.2 Å². The van der Waals surface area contributed by atoms with Crippen LogP contribution in [0.1, 0.15) is 79.8 Å². The summed E-state index contributed by atoms with van der Waals surface area (Å²) in [5.74, 6) is -0.550. The van der Waals surface area contributed by atoms with Gasteiger partial charge in [-0.15, -0.1) is 0 Å². The third kappa shape index (κ3) is 9.46. The van der Waals surface area contributed by atoms with Crippen LogP contribution in [-0.4, -0.2) is 51.5 Å². The normalized spacial score (nSPS) is 15.9. The van der Waals surface area contributed by atoms with Crippen molar-refractivity contribution >= 4 is 21.7 Å². The molecule has 1 aliphatic rings. The summed E-state index contributed by atoms with van der Waals surface area (Å²) in [6.07, 6.45) is 10.0. The predicted molar refractivity (Wildman–Crippen MR) is 156 cm³/mol. The van der Waals surface area contributed by atoms with Gasteiger partial charge in [-0.2, -0.15) is 0 Å². The van der Waals surface area contributed by atoms with Gasteiger partial charge in [0, 0.05) is 24.4 Å². The molecule has 1 saturated carbocycles. The average molecular weight is 557 g/mol. The highest BCUT2D eigenvalue weighted by Crippen LogP contribution is 2.30. The molecule has 2 atom stereocenters. The molecule has 0 heterocycles. The lowest BCUT2D eigenvalue weighted by Crippen LogP contribution is -2.42. The number of benzene rings is 2. The molecule has 7 nitrogen and oxygen atoms in total. The Hall–Kier alpha value is -2.71. The maximum absolute atomic E-state index is 13.5. The van der Waals surface area contributed by atoms with Crippen molar-refractivity contribution in [2.45, 2.75) is 83.8 Å². The summed E-state index contributed by atoms with van der Waals surface area (Å²) in [5.41, 5.74) is 4.24. The molecule has 1 aliphatic carbocycles. The van der Waals surface area contributed by atoms with Crippen molar-refractivity contribution in [1.82, 2.24) is 10.6 Å². The number of carbonyl (C=O) groups excluding carboxylic acids is 2. The lowest BCUT2D eigenvalue weighted by molar-refractivity contribution is -0.142. The van der Waals surface area contributed by atoms with Gasteiger partial charge in [0.1, 0.15) is 15.9 Å². The maximum atomic E-state index is 13.5. The zero-order valence-electron chi connectivity index (χ0n) is 23.8. The number of hydrogen-bond acceptors (Lipinski definition) is 6. The molecule has 39 heavy (non-hydrogen) atoms. The van der Waals surface area contributed by atoms with Crippen LogP contribution in [-0.2, 0) is 25.9 Å². The molecule has 2 N–H and O–H groups in total. The summed E-state index contributed by atoms with van der Waals surface area (Å²) in [5, 5.41) is 6.46. The molecule has 0 bridgehead atoms. The second kappa shape index (κ2) is 14.6. The molecular weight excluding hydrogens is 512 g/mol. The minimum Gasteiger partial charge on any atom is -0.467 e. The molecule has 2 unspecified atom stereocenters. The van der Waals surface area contributed by atoms with Crippen molar-refractivity contribution in [3.05, 3.63) is 59.2 Å². The number of methoxy groups -OCH3 is 1. The number of aryl methyl sites for hydroxylation is 1. The van der Waals surface area contributed by atoms with Crippen LogP contribution in [0.3, 0.4) is 0 Å². The van der Waals surface area contributed by atoms with Crippen LogP contribution in [0.5, 0.6) is 0 Å². The van der Waals surface area contributed by atoms with Crippen LogP contribution in [0.2, 0.25) is 0 Å². The van der Waals surface area contributed by atoms with Crippen LogP contribution in [0.25, 0.3) is 11.1 Å². The quantitative estimate of drug-likeness (QED) is 0.329. The van der Waals surface area contributed by atoms with Gasteiger partial charge in [0.2, 0.25) is 0 Å². The lowest BCUT2D eigenvalue weighted by atomic mass is 9.84. The van der Waals surface area contributed by atoms with E-state index in [1.54, 1.807) is 6.07 Å². The summed E-state index contributed by atoms with van der Waals surface area (Å²) in [7, 11) is -2.09. The second-order valence-electron chi connectivity index (χ2n) is 10.9. The van der Waals surface area contributed by atoms with Crippen LogP contribution >= 0.6 is 0 Å². The van der Waals surface area contributed by atoms with E-state index < -0.39 is 27.8 Å². The zero-order valence-corrected chi connectivity index (χ0v) is 24.6. The van der Waals surface area contributed by atoms with Crippen molar-refractivity contribution in [1.29, 1.82) is 0 Å². The van der Waals surface area contributed by atoms with E-state index in [2.05, 4.69) is 17.6 Å². The highest BCUT2D eigenvalue weighted by molar-refractivity contribution is 7.90. The van der Waals surface area contributed by atoms with Gasteiger partial charge in [-0.3, -0.25) is 4.79 Å². The highest BCUT2D eigenvalue weighted by atomic mass is 32.2. The van der Waals surface area contributed by atoms with Gasteiger partial charge in [-0.25, -0.2) is 13.2 Å². The van der Waals surface area contributed by atoms with E-state index in [-0.39, 0.29) is 12.2 Å². The number of rotatable bonds is 13. The largest absolute Gasteiger partial charge is 0.467 e. The molecule has 214 valence electrons. The first-order valence-corrected chi connectivity index (χ1v) is 16.2. The monoisotopic (exact) mass is 556 g/mol. The number of carbonyl (C=O) groups is 2. The Kier molecular flexibility index (Phi) is 11.5. The lowest BCUT2D eigenvalue weighted by Gasteiger charge is -2.27. The molecule has 2 aromatic carbocycles. The molecule has 3 rings (SSSR count). The number of sulfone groups is 1. The van der Waals surface area contributed by atoms with Crippen molar-refractivity contribution in [2.24, 2.45) is 5.92 Å². The van der Waals surface area contributed by atoms with Gasteiger partial charge in [0.15, 0.2) is 0 Å². The fraction of sp³-hybridized carbons (Fsp3) is 0.548. The first kappa shape index (κ1) is 30.8. The summed E-state index contributed by atoms with van der Waals surface area (Å²) >= 11 is 0. The molecule has 0 spiro atoms. The Morgan fingerprint density at radius 2 is 1.77 bits per heavy atom. The van der Waals surface area contributed by atoms with Crippen LogP contribution in [0.15, 0.2) is 42.5 Å². The third-order valence-corrected chi connectivity index (χ3v) is 8.74. The fourth-order valence-electron chi connectivity index (χ4n) is 5.44. The molecule has 2 aromatic rings. The van der Waals surface area contributed by atoms with Crippen molar-refractivity contribution < 1.29 is 22.7 Å². The molecule has 0 saturated heterocycles. The Morgan fingerprint density at radius 3 is 2.41 bits per heavy atom. The third-order valence-electron chi connectivity index (χ3n) is 7.76. The first-order chi connectivity index (χ1) is 18.6. The number of nitrogens with one attached hydrogen (secondary N) is 2. The van der Waals surface area contributed by atoms with E-state index in [1.165, 1.54) is 45.6 Å². The van der Waals surface area contributed by atoms with Crippen molar-refractivity contribution in [3.63, 3.8) is 0 Å². The van der Waals surface area contributed by atoms with Gasteiger partial charge in [-0.05, 0) is 66.5 Å². The summed E-state index contributed by atoms with van der Waals surface area (Å²) in [4.78, 5) is 25.8. The van der Waals surface area contributed by atoms with E-state index >= 15 is 0 Å². The molecule has 8 heteroatoms. The Labute approximate surface area is 234 Å². The van der Waals surface area contributed by atoms with Crippen LogP contribution < -0.4 is 10.6 Å². The fourth-order valence-corrected chi connectivity index (χ4v) is 6.10. The van der Waals surface area contributed by atoms with E-state index in [1.807, 2.05) is 43.3 Å². The zero-order chi connectivity index (χ0) is 28.4. The smallest absolute Gasteiger partial charge is 0.328 e. The summed E-state index contributed by atoms with van der Waals surface area (Å²) in [6.45, 7) is 4.93. The van der Waals surface area contributed by atoms with E-state index in [4.69, 9.17) is 4.74 Å². The maximum Gasteiger partial charge on any atom is 0.328 e. The van der Waals surface area contributed by atoms with Gasteiger partial charge < -0.3 is 15.4 Å². The van der Waals surface area contributed by atoms with Crippen LogP contribution in [0.4, 0.5) is 0 Å². The standard InChI is InChI=1S/C31H44N2O5S/c1-5-25(19-23-12-7-6-8-13-23)32-21-24-15-16-27(28(20-24)26-14-10-9-11-22(26)2)30(34)33-29(31(35)38-3)17-18-39(4,36)37/h9-11,14-16,20,23,25,29,32H,5-8,12-13,17-19,21H2,1-4H3,(H,33,34). The number of amides is 1. The van der Waals surface area contributed by atoms with Gasteiger partial charge in [0.05, 0.1) is 12.9 Å². The predicted octanol–water partition coefficient (Wildman–Crippen LogP) is 5.21. The highest BCUT2D eigenvalue weighted by Gasteiger charge is 2.25. The minimum absolute atomic E-state index is 0.0572. The number of esters is 1. The van der Waals surface area contributed by atoms with Crippen molar-refractivity contribution in [2.75, 3.05) is 19.1 Å². The minimum atomic E-state index is -3.32. The average Bonchev–Trinajstić information content (AvgIpc) is 2.93. The summed E-state index contributed by atoms with van der Waals surface area (Å²) < 4.78 is 28.2. The van der Waals surface area contributed by atoms with Crippen molar-refractivity contribution in [3.8, 4) is 11.1 Å². The Bertz CT molecular complexity index is 1220. The topological polar surface area (TPSA) is 102 Å². The number of hydrogen-bond donors (Lipinski definition) is 2. The van der Waals surface area contributed by atoms with Gasteiger partial charge in [-0.1, -0.05) is 69.4 Å². The number of ether oxygens (including phenoxy) is 1. The molecule has 0 aromatic heterocycles. The molecule has 1 amide bonds. The molecular formula is C31H44N2O5S. The SMILES string of the molecule is CCC(CC1CCCCC1)NCc1ccc(C(=O)NC(CCS(C)(=O)=O)C(=O)OC)c(-c2ccccc2C)c1. The van der Waals surface area contributed by atoms with E-state index in [0.717, 1.165) is 40.8 Å². The molecule has 1 fully saturated rings. The van der Waals surface area contributed by atoms with E-state index in [9.17, 15) is 18.0 Å². The first-order valence-electron chi connectivity index (χ1n) is 14.1. The van der Waals surface area contributed by atoms with Crippen LogP contribution in [0, 0.1) is 12.8 Å². The summed E-state index contributed by atoms with van der Waals surface area (Å²) in [6, 6.07) is 13.1. The molecule has 0 aliphatic heterocycles.